The average molecular weight is 1100 g/mol. The number of phenols is 4. The highest BCUT2D eigenvalue weighted by Gasteiger charge is 2.41. The van der Waals surface area contributed by atoms with Crippen LogP contribution in [0.4, 0.5) is 0 Å². The van der Waals surface area contributed by atoms with E-state index in [4.69, 9.17) is 0 Å². The maximum atomic E-state index is 15.4. The summed E-state index contributed by atoms with van der Waals surface area (Å²) in [7, 11) is 0. The molecule has 0 spiro atoms. The van der Waals surface area contributed by atoms with E-state index < -0.39 is 6.17 Å². The zero-order valence-corrected chi connectivity index (χ0v) is 54.1. The highest BCUT2D eigenvalue weighted by Crippen LogP contribution is 2.45. The lowest BCUT2D eigenvalue weighted by atomic mass is 9.78. The first kappa shape index (κ1) is 65.3. The van der Waals surface area contributed by atoms with Crippen LogP contribution in [0.2, 0.25) is 0 Å². The highest BCUT2D eigenvalue weighted by atomic mass is 16.3. The van der Waals surface area contributed by atoms with Crippen LogP contribution in [0.1, 0.15) is 259 Å². The van der Waals surface area contributed by atoms with Crippen molar-refractivity contribution >= 4 is 17.7 Å². The van der Waals surface area contributed by atoms with Crippen LogP contribution in [-0.2, 0) is 83.4 Å². The lowest BCUT2D eigenvalue weighted by molar-refractivity contribution is -0.169. The Hall–Kier alpha value is -5.51. The molecule has 10 nitrogen and oxygen atoms in total. The summed E-state index contributed by atoms with van der Waals surface area (Å²) in [6.45, 7) is 49.8. The number of rotatable bonds is 12. The molecule has 5 rings (SSSR count). The molecule has 1 fully saturated rings. The Morgan fingerprint density at radius 2 is 0.525 bits per heavy atom. The second-order valence-electron chi connectivity index (χ2n) is 31.6. The van der Waals surface area contributed by atoms with Crippen LogP contribution in [0.5, 0.6) is 23.0 Å². The standard InChI is InChI=1S/C70H105N3O7/c1-63(2,3)47-33-43(34-48(59(47)77)64(4,5)6)25-29-55-72(57(75)31-27-45-37-51(67(13,14)15)61(79)52(38-45)68(16,17)18)41-71(56(74)30-26-44-35-49(65(7,8)9)60(78)50(36-44)66(10,11)12)42-73(55)58(76)32-28-46-39-53(69(19,20)21)62(80)54(40-46)70(22,23)24/h33-40,55,77-80H,25-32,41-42H2,1-24H3. The number of carbonyl (C=O) groups is 3. The number of phenolic OH excluding ortho intramolecular Hbond substituents is 4. The summed E-state index contributed by atoms with van der Waals surface area (Å²) in [6, 6.07) is 16.2. The molecule has 80 heavy (non-hydrogen) atoms. The minimum atomic E-state index is -0.727. The first-order chi connectivity index (χ1) is 36.1. The maximum absolute atomic E-state index is 15.4. The van der Waals surface area contributed by atoms with Crippen molar-refractivity contribution in [3.63, 3.8) is 0 Å². The summed E-state index contributed by atoms with van der Waals surface area (Å²) >= 11 is 0. The molecule has 4 N–H and O–H groups in total. The van der Waals surface area contributed by atoms with Gasteiger partial charge in [-0.2, -0.15) is 0 Å². The SMILES string of the molecule is CC(C)(C)c1cc(CCC(=O)N2CN(C(=O)CCc3cc(C(C)(C)C)c(O)c(C(C)(C)C)c3)C(CCc3cc(C(C)(C)C)c(O)c(C(C)(C)C)c3)N(C(=O)CCc3cc(C(C)(C)C)c(O)c(C(C)(C)C)c3)C2)cc(C(C)(C)C)c1O. The molecule has 0 unspecified atom stereocenters. The number of amides is 3. The second kappa shape index (κ2) is 23.0. The minimum Gasteiger partial charge on any atom is -0.507 e. The van der Waals surface area contributed by atoms with Crippen molar-refractivity contribution in [1.29, 1.82) is 0 Å². The molecule has 0 aliphatic carbocycles. The predicted molar refractivity (Wildman–Crippen MR) is 329 cm³/mol. The van der Waals surface area contributed by atoms with Gasteiger partial charge in [-0.25, -0.2) is 0 Å². The Labute approximate surface area is 483 Å². The highest BCUT2D eigenvalue weighted by molar-refractivity contribution is 5.83. The lowest BCUT2D eigenvalue weighted by Crippen LogP contribution is -2.65. The van der Waals surface area contributed by atoms with Crippen LogP contribution in [0.15, 0.2) is 48.5 Å². The molecule has 0 aromatic heterocycles. The second-order valence-corrected chi connectivity index (χ2v) is 31.6. The van der Waals surface area contributed by atoms with E-state index >= 15 is 9.59 Å². The number of hydrogen-bond donors (Lipinski definition) is 4. The Morgan fingerprint density at radius 1 is 0.338 bits per heavy atom. The Kier molecular flexibility index (Phi) is 18.8. The summed E-state index contributed by atoms with van der Waals surface area (Å²) in [4.78, 5) is 51.0. The largest absolute Gasteiger partial charge is 0.507 e. The number of nitrogens with zero attached hydrogens (tertiary/aromatic N) is 3. The fourth-order valence-corrected chi connectivity index (χ4v) is 11.2. The van der Waals surface area contributed by atoms with E-state index in [0.717, 1.165) is 66.8 Å². The fraction of sp³-hybridized carbons (Fsp3) is 0.614. The third kappa shape index (κ3) is 15.5. The normalized spacial score (nSPS) is 14.8. The molecule has 0 atom stereocenters. The van der Waals surface area contributed by atoms with Crippen LogP contribution in [0.3, 0.4) is 0 Å². The van der Waals surface area contributed by atoms with Crippen molar-refractivity contribution in [3.05, 3.63) is 115 Å². The molecular formula is C70H105N3O7. The monoisotopic (exact) mass is 1100 g/mol. The van der Waals surface area contributed by atoms with Crippen molar-refractivity contribution in [3.8, 4) is 23.0 Å². The number of aryl methyl sites for hydroxylation is 4. The summed E-state index contributed by atoms with van der Waals surface area (Å²) in [5.41, 5.74) is 7.33. The van der Waals surface area contributed by atoms with Crippen LogP contribution >= 0.6 is 0 Å². The molecule has 1 heterocycles. The van der Waals surface area contributed by atoms with Gasteiger partial charge in [-0.05, 0) is 142 Å². The molecule has 442 valence electrons. The number of benzene rings is 4. The zero-order chi connectivity index (χ0) is 61.0. The topological polar surface area (TPSA) is 142 Å². The molecule has 3 amide bonds. The average Bonchev–Trinajstić information content (AvgIpc) is 3.28. The van der Waals surface area contributed by atoms with Gasteiger partial charge in [0.1, 0.15) is 29.2 Å². The van der Waals surface area contributed by atoms with E-state index in [-0.39, 0.29) is 117 Å². The van der Waals surface area contributed by atoms with Crippen molar-refractivity contribution < 1.29 is 34.8 Å². The molecule has 4 aromatic rings. The molecule has 1 aliphatic heterocycles. The van der Waals surface area contributed by atoms with E-state index in [9.17, 15) is 25.2 Å². The lowest BCUT2D eigenvalue weighted by Gasteiger charge is -2.49. The van der Waals surface area contributed by atoms with Gasteiger partial charge in [0.05, 0.1) is 13.3 Å². The smallest absolute Gasteiger partial charge is 0.225 e. The molecule has 1 saturated heterocycles. The number of aromatic hydroxyl groups is 4. The van der Waals surface area contributed by atoms with E-state index in [0.29, 0.717) is 32.1 Å². The van der Waals surface area contributed by atoms with E-state index in [2.05, 4.69) is 178 Å². The van der Waals surface area contributed by atoms with E-state index in [1.807, 2.05) is 36.4 Å². The molecular weight excluding hydrogens is 995 g/mol. The molecule has 1 aliphatic rings. The Balaban J connectivity index is 1.67. The van der Waals surface area contributed by atoms with Crippen molar-refractivity contribution in [2.75, 3.05) is 13.3 Å². The van der Waals surface area contributed by atoms with E-state index in [1.165, 1.54) is 0 Å². The third-order valence-corrected chi connectivity index (χ3v) is 16.1. The first-order valence-electron chi connectivity index (χ1n) is 29.5. The quantitative estimate of drug-likeness (QED) is 0.111. The molecule has 0 radical (unpaired) electrons. The summed E-state index contributed by atoms with van der Waals surface area (Å²) < 4.78 is 0. The van der Waals surface area contributed by atoms with Gasteiger partial charge in [-0.1, -0.05) is 215 Å². The van der Waals surface area contributed by atoms with Crippen LogP contribution < -0.4 is 0 Å². The Bertz CT molecular complexity index is 2680. The zero-order valence-electron chi connectivity index (χ0n) is 54.1. The third-order valence-electron chi connectivity index (χ3n) is 16.1. The molecule has 10 heteroatoms. The van der Waals surface area contributed by atoms with Gasteiger partial charge in [0.25, 0.3) is 0 Å². The van der Waals surface area contributed by atoms with Crippen molar-refractivity contribution in [2.45, 2.75) is 267 Å². The Morgan fingerprint density at radius 3 is 0.725 bits per heavy atom. The molecule has 4 aromatic carbocycles. The van der Waals surface area contributed by atoms with Crippen molar-refractivity contribution in [1.82, 2.24) is 14.7 Å². The van der Waals surface area contributed by atoms with Crippen LogP contribution in [0.25, 0.3) is 0 Å². The van der Waals surface area contributed by atoms with Gasteiger partial charge in [0.2, 0.25) is 17.7 Å². The first-order valence-corrected chi connectivity index (χ1v) is 29.5. The van der Waals surface area contributed by atoms with Crippen LogP contribution in [0, 0.1) is 0 Å². The summed E-state index contributed by atoms with van der Waals surface area (Å²) in [6.07, 6.45) is 1.57. The van der Waals surface area contributed by atoms with Gasteiger partial charge in [0.15, 0.2) is 0 Å². The number of hydrogen-bond acceptors (Lipinski definition) is 7. The van der Waals surface area contributed by atoms with Gasteiger partial charge >= 0.3 is 0 Å². The van der Waals surface area contributed by atoms with Gasteiger partial charge in [-0.3, -0.25) is 14.4 Å². The maximum Gasteiger partial charge on any atom is 0.225 e. The van der Waals surface area contributed by atoms with E-state index in [1.54, 1.807) is 14.7 Å². The molecule has 0 saturated carbocycles. The van der Waals surface area contributed by atoms with Gasteiger partial charge < -0.3 is 35.1 Å². The van der Waals surface area contributed by atoms with Gasteiger partial charge in [0, 0.05) is 19.3 Å². The molecule has 0 bridgehead atoms. The minimum absolute atomic E-state index is 0.0177. The predicted octanol–water partition coefficient (Wildman–Crippen LogP) is 15.5. The summed E-state index contributed by atoms with van der Waals surface area (Å²) in [5, 5.41) is 46.5. The van der Waals surface area contributed by atoms with Gasteiger partial charge in [-0.15, -0.1) is 0 Å². The number of carbonyl (C=O) groups excluding carboxylic acids is 3. The van der Waals surface area contributed by atoms with Crippen LogP contribution in [-0.4, -0.2) is 72.4 Å². The summed E-state index contributed by atoms with van der Waals surface area (Å²) in [5.74, 6) is 0.498. The fourth-order valence-electron chi connectivity index (χ4n) is 11.2. The van der Waals surface area contributed by atoms with Crippen molar-refractivity contribution in [2.24, 2.45) is 0 Å².